The zero-order chi connectivity index (χ0) is 33.4. The smallest absolute Gasteiger partial charge is 0.192 e. The molecule has 50 heavy (non-hydrogen) atoms. The largest absolute Gasteiger partial charge is 0.247 e. The van der Waals surface area contributed by atoms with Gasteiger partial charge in [0.15, 0.2) is 0 Å². The van der Waals surface area contributed by atoms with Gasteiger partial charge in [0.05, 0.1) is 11.6 Å². The van der Waals surface area contributed by atoms with Crippen LogP contribution in [0, 0.1) is 22.7 Å². The molecule has 0 saturated heterocycles. The second-order valence-electron chi connectivity index (χ2n) is 13.7. The Balaban J connectivity index is 1.21. The van der Waals surface area contributed by atoms with Crippen molar-refractivity contribution in [3.8, 4) is 17.2 Å². The first-order valence-corrected chi connectivity index (χ1v) is 18.8. The molecule has 0 saturated carbocycles. The van der Waals surface area contributed by atoms with Crippen molar-refractivity contribution in [3.05, 3.63) is 185 Å². The second kappa shape index (κ2) is 11.4. The lowest BCUT2D eigenvalue weighted by Crippen LogP contribution is -2.57. The zero-order valence-electron chi connectivity index (χ0n) is 27.4. The van der Waals surface area contributed by atoms with Crippen LogP contribution in [-0.2, 0) is 0 Å². The maximum Gasteiger partial charge on any atom is 0.247 e. The molecule has 10 rings (SSSR count). The number of allylic oxidation sites excluding steroid dienone is 4. The Kier molecular flexibility index (Phi) is 6.78. The van der Waals surface area contributed by atoms with Crippen LogP contribution in [0.25, 0.3) is 22.3 Å². The van der Waals surface area contributed by atoms with E-state index in [1.54, 1.807) is 0 Å². The molecule has 2 unspecified atom stereocenters. The molecule has 0 bridgehead atoms. The van der Waals surface area contributed by atoms with Crippen molar-refractivity contribution >= 4 is 57.8 Å². The Morgan fingerprint density at radius 3 is 1.90 bits per heavy atom. The quantitative estimate of drug-likeness (QED) is 0.179. The van der Waals surface area contributed by atoms with Gasteiger partial charge in [0.1, 0.15) is 0 Å². The van der Waals surface area contributed by atoms with E-state index in [1.165, 1.54) is 63.1 Å². The van der Waals surface area contributed by atoms with E-state index in [4.69, 9.17) is 0 Å². The predicted molar refractivity (Wildman–Crippen MR) is 209 cm³/mol. The number of hydrogen-bond acceptors (Lipinski definition) is 3. The number of nitriles is 1. The molecule has 6 aromatic carbocycles. The zero-order valence-corrected chi connectivity index (χ0v) is 29.1. The van der Waals surface area contributed by atoms with Crippen molar-refractivity contribution in [3.63, 3.8) is 0 Å². The summed E-state index contributed by atoms with van der Waals surface area (Å²) >= 11 is 3.75. The molecular weight excluding hydrogens is 641 g/mol. The molecule has 2 heterocycles. The van der Waals surface area contributed by atoms with E-state index in [-0.39, 0.29) is 18.0 Å². The molecule has 4 aliphatic rings. The number of fused-ring (bicyclic) bond motifs is 6. The second-order valence-corrected chi connectivity index (χ2v) is 15.9. The number of hydrogen-bond donors (Lipinski definition) is 0. The van der Waals surface area contributed by atoms with E-state index in [1.807, 2.05) is 23.5 Å². The molecule has 0 aromatic heterocycles. The van der Waals surface area contributed by atoms with Crippen LogP contribution in [0.5, 0.6) is 0 Å². The van der Waals surface area contributed by atoms with Crippen LogP contribution in [0.4, 0.5) is 0 Å². The molecular formula is C46H30BNS2. The maximum absolute atomic E-state index is 10.5. The molecule has 2 aliphatic heterocycles. The van der Waals surface area contributed by atoms with Crippen LogP contribution in [0.15, 0.2) is 177 Å². The van der Waals surface area contributed by atoms with Gasteiger partial charge in [0, 0.05) is 30.9 Å². The van der Waals surface area contributed by atoms with Gasteiger partial charge in [-0.3, -0.25) is 0 Å². The van der Waals surface area contributed by atoms with E-state index in [9.17, 15) is 5.26 Å². The average Bonchev–Trinajstić information content (AvgIpc) is 3.16. The van der Waals surface area contributed by atoms with E-state index >= 15 is 0 Å². The predicted octanol–water partition coefficient (Wildman–Crippen LogP) is 7.83. The van der Waals surface area contributed by atoms with Crippen molar-refractivity contribution in [1.82, 2.24) is 0 Å². The fourth-order valence-electron chi connectivity index (χ4n) is 8.74. The van der Waals surface area contributed by atoms with Crippen LogP contribution < -0.4 is 26.8 Å². The van der Waals surface area contributed by atoms with Crippen molar-refractivity contribution in [2.75, 3.05) is 0 Å². The molecule has 0 amide bonds. The lowest BCUT2D eigenvalue weighted by Gasteiger charge is -2.42. The third kappa shape index (κ3) is 4.44. The van der Waals surface area contributed by atoms with E-state index < -0.39 is 0 Å². The van der Waals surface area contributed by atoms with Gasteiger partial charge >= 0.3 is 0 Å². The van der Waals surface area contributed by atoms with Crippen molar-refractivity contribution in [1.29, 1.82) is 5.26 Å². The average molecular weight is 672 g/mol. The Hall–Kier alpha value is -5.21. The van der Waals surface area contributed by atoms with Crippen LogP contribution in [0.2, 0.25) is 0 Å². The summed E-state index contributed by atoms with van der Waals surface area (Å²) < 4.78 is 0. The minimum atomic E-state index is -0.262. The summed E-state index contributed by atoms with van der Waals surface area (Å²) in [5.41, 5.74) is 11.8. The van der Waals surface area contributed by atoms with Gasteiger partial charge < -0.3 is 0 Å². The summed E-state index contributed by atoms with van der Waals surface area (Å²) in [6.45, 7) is 2.60. The van der Waals surface area contributed by atoms with Crippen molar-refractivity contribution < 1.29 is 0 Å². The molecule has 0 fully saturated rings. The molecule has 0 N–H and O–H groups in total. The molecule has 1 nitrogen and oxygen atoms in total. The Morgan fingerprint density at radius 1 is 0.600 bits per heavy atom. The summed E-state index contributed by atoms with van der Waals surface area (Å²) in [5, 5.41) is 12.9. The van der Waals surface area contributed by atoms with Gasteiger partial charge in [0.2, 0.25) is 6.71 Å². The lowest BCUT2D eigenvalue weighted by atomic mass is 9.36. The van der Waals surface area contributed by atoms with E-state index in [0.29, 0.717) is 5.56 Å². The molecule has 234 valence electrons. The Labute approximate surface area is 301 Å². The van der Waals surface area contributed by atoms with E-state index in [2.05, 4.69) is 171 Å². The Bertz CT molecular complexity index is 2580. The topological polar surface area (TPSA) is 23.8 Å². The lowest BCUT2D eigenvalue weighted by molar-refractivity contribution is 0.478. The minimum Gasteiger partial charge on any atom is -0.192 e. The number of rotatable bonds is 3. The van der Waals surface area contributed by atoms with E-state index in [0.717, 1.165) is 16.7 Å². The first-order valence-electron chi connectivity index (χ1n) is 17.1. The van der Waals surface area contributed by atoms with Crippen molar-refractivity contribution in [2.45, 2.75) is 26.5 Å². The van der Waals surface area contributed by atoms with Gasteiger partial charge in [-0.2, -0.15) is 5.26 Å². The van der Waals surface area contributed by atoms with Crippen LogP contribution in [0.3, 0.4) is 0 Å². The monoisotopic (exact) mass is 671 g/mol. The fourth-order valence-corrected chi connectivity index (χ4v) is 11.2. The highest BCUT2D eigenvalue weighted by molar-refractivity contribution is 8.01. The summed E-state index contributed by atoms with van der Waals surface area (Å²) in [6.07, 6.45) is 9.12. The highest BCUT2D eigenvalue weighted by Gasteiger charge is 2.42. The van der Waals surface area contributed by atoms with Crippen molar-refractivity contribution in [2.24, 2.45) is 11.3 Å². The first-order chi connectivity index (χ1) is 24.6. The fraction of sp³-hybridized carbons (Fsp3) is 0.0652. The summed E-state index contributed by atoms with van der Waals surface area (Å²) in [5.74, 6) is 0.101. The molecule has 2 aliphatic carbocycles. The minimum absolute atomic E-state index is 0.101. The first kappa shape index (κ1) is 29.7. The van der Waals surface area contributed by atoms with Gasteiger partial charge in [-0.1, -0.05) is 157 Å². The van der Waals surface area contributed by atoms with Crippen LogP contribution in [0.1, 0.15) is 23.6 Å². The maximum atomic E-state index is 10.5. The Morgan fingerprint density at radius 2 is 1.20 bits per heavy atom. The third-order valence-corrected chi connectivity index (χ3v) is 13.2. The molecule has 2 atom stereocenters. The normalized spacial score (nSPS) is 19.1. The molecule has 4 heteroatoms. The van der Waals surface area contributed by atoms with Gasteiger partial charge in [-0.05, 0) is 91.8 Å². The van der Waals surface area contributed by atoms with Crippen LogP contribution in [-0.4, -0.2) is 6.71 Å². The van der Waals surface area contributed by atoms with Crippen LogP contribution >= 0.6 is 23.5 Å². The van der Waals surface area contributed by atoms with Gasteiger partial charge in [0.25, 0.3) is 0 Å². The number of nitrogens with zero attached hydrogens (tertiary/aromatic N) is 1. The van der Waals surface area contributed by atoms with Gasteiger partial charge in [-0.15, -0.1) is 0 Å². The highest BCUT2D eigenvalue weighted by Crippen LogP contribution is 2.50. The summed E-state index contributed by atoms with van der Waals surface area (Å²) in [7, 11) is 0. The third-order valence-electron chi connectivity index (χ3n) is 10.9. The van der Waals surface area contributed by atoms with Gasteiger partial charge in [-0.25, -0.2) is 0 Å². The number of benzene rings is 6. The molecule has 0 radical (unpaired) electrons. The highest BCUT2D eigenvalue weighted by atomic mass is 32.2. The summed E-state index contributed by atoms with van der Waals surface area (Å²) in [6, 6.07) is 51.2. The standard InChI is InChI=1S/C46H30BNS2/c1-46-22-12-11-17-36(46)43(34-15-5-6-16-35(34)44(46)30-13-3-2-4-14-30)33-24-29(28-48)23-31(25-33)32-26-41-45-42(27-32)50-40-21-10-8-19-38(40)47(45)37-18-7-9-20-39(37)49-41/h2-27,36H,1H3. The molecule has 0 spiro atoms. The SMILES string of the molecule is CC12C=CC=CC1C(c1cc(C#N)cc(-c3cc4c5c(c3)Sc3ccccc3B5c3ccccc3S4)c1)=c1ccccc1=C2c1ccccc1. The molecule has 6 aromatic rings. The summed E-state index contributed by atoms with van der Waals surface area (Å²) in [4.78, 5) is 5.24.